The molecule has 5 heteroatoms. The molecule has 0 unspecified atom stereocenters. The third-order valence-corrected chi connectivity index (χ3v) is 2.70. The van der Waals surface area contributed by atoms with Crippen LogP contribution in [0.4, 0.5) is 5.69 Å². The zero-order chi connectivity index (χ0) is 13.0. The number of hydrogen-bond acceptors (Lipinski definition) is 3. The first-order chi connectivity index (χ1) is 8.70. The summed E-state index contributed by atoms with van der Waals surface area (Å²) in [5.74, 6) is 0. The summed E-state index contributed by atoms with van der Waals surface area (Å²) in [5, 5.41) is 2.52. The Balaban J connectivity index is 2.29. The quantitative estimate of drug-likeness (QED) is 0.875. The summed E-state index contributed by atoms with van der Waals surface area (Å²) in [6.07, 6.45) is 0. The Kier molecular flexibility index (Phi) is 3.62. The van der Waals surface area contributed by atoms with Crippen molar-refractivity contribution in [3.05, 3.63) is 63.2 Å². The molecule has 0 saturated heterocycles. The van der Waals surface area contributed by atoms with E-state index in [4.69, 9.17) is 0 Å². The third kappa shape index (κ3) is 2.68. The van der Waals surface area contributed by atoms with Gasteiger partial charge in [-0.3, -0.25) is 14.7 Å². The standard InChI is InChI=1S/C13H15N3O2/c1-2-15(11-6-4-3-5-7-11)10-16-13(18)9-8-12(17)14-16/h3-9H,2,10H2,1H3,(H,14,17). The van der Waals surface area contributed by atoms with E-state index in [0.29, 0.717) is 6.67 Å². The van der Waals surface area contributed by atoms with E-state index in [1.807, 2.05) is 42.2 Å². The van der Waals surface area contributed by atoms with Crippen LogP contribution in [0.1, 0.15) is 6.92 Å². The highest BCUT2D eigenvalue weighted by atomic mass is 16.2. The van der Waals surface area contributed by atoms with Gasteiger partial charge in [0.2, 0.25) is 0 Å². The molecular formula is C13H15N3O2. The monoisotopic (exact) mass is 245 g/mol. The Morgan fingerprint density at radius 1 is 1.11 bits per heavy atom. The van der Waals surface area contributed by atoms with Crippen molar-refractivity contribution in [2.75, 3.05) is 11.4 Å². The van der Waals surface area contributed by atoms with Crippen LogP contribution in [0.3, 0.4) is 0 Å². The SMILES string of the molecule is CCN(Cn1[nH]c(=O)ccc1=O)c1ccccc1. The number of rotatable bonds is 4. The molecule has 0 aliphatic carbocycles. The largest absolute Gasteiger partial charge is 0.352 e. The van der Waals surface area contributed by atoms with Crippen LogP contribution in [0.15, 0.2) is 52.1 Å². The highest BCUT2D eigenvalue weighted by molar-refractivity contribution is 5.44. The summed E-state index contributed by atoms with van der Waals surface area (Å²) in [4.78, 5) is 24.8. The van der Waals surface area contributed by atoms with Crippen molar-refractivity contribution in [3.63, 3.8) is 0 Å². The van der Waals surface area contributed by atoms with E-state index in [-0.39, 0.29) is 11.1 Å². The van der Waals surface area contributed by atoms with Crippen molar-refractivity contribution in [2.45, 2.75) is 13.6 Å². The number of aromatic amines is 1. The molecular weight excluding hydrogens is 230 g/mol. The second-order valence-electron chi connectivity index (χ2n) is 3.91. The van der Waals surface area contributed by atoms with Crippen LogP contribution < -0.4 is 16.0 Å². The van der Waals surface area contributed by atoms with Gasteiger partial charge in [0.1, 0.15) is 6.67 Å². The summed E-state index contributed by atoms with van der Waals surface area (Å²) in [7, 11) is 0. The van der Waals surface area contributed by atoms with E-state index in [0.717, 1.165) is 12.2 Å². The Morgan fingerprint density at radius 2 is 1.83 bits per heavy atom. The van der Waals surface area contributed by atoms with Crippen LogP contribution in [0.25, 0.3) is 0 Å². The summed E-state index contributed by atoms with van der Waals surface area (Å²) in [5.41, 5.74) is 0.513. The van der Waals surface area contributed by atoms with Crippen LogP contribution in [0.5, 0.6) is 0 Å². The summed E-state index contributed by atoms with van der Waals surface area (Å²) < 4.78 is 1.30. The number of nitrogens with one attached hydrogen (secondary N) is 1. The Bertz CT molecular complexity index is 616. The van der Waals surface area contributed by atoms with E-state index in [1.165, 1.54) is 16.8 Å². The van der Waals surface area contributed by atoms with E-state index < -0.39 is 0 Å². The molecule has 1 aromatic heterocycles. The molecule has 0 bridgehead atoms. The average Bonchev–Trinajstić information content (AvgIpc) is 2.41. The van der Waals surface area contributed by atoms with Crippen LogP contribution in [-0.4, -0.2) is 16.3 Å². The maximum absolute atomic E-state index is 11.6. The number of aromatic nitrogens is 2. The number of nitrogens with zero attached hydrogens (tertiary/aromatic N) is 2. The number of anilines is 1. The van der Waals surface area contributed by atoms with Crippen molar-refractivity contribution in [1.82, 2.24) is 9.78 Å². The zero-order valence-corrected chi connectivity index (χ0v) is 10.2. The minimum Gasteiger partial charge on any atom is -0.352 e. The Morgan fingerprint density at radius 3 is 2.50 bits per heavy atom. The highest BCUT2D eigenvalue weighted by Crippen LogP contribution is 2.12. The van der Waals surface area contributed by atoms with Crippen molar-refractivity contribution in [2.24, 2.45) is 0 Å². The lowest BCUT2D eigenvalue weighted by Crippen LogP contribution is -2.36. The lowest BCUT2D eigenvalue weighted by Gasteiger charge is -2.23. The van der Waals surface area contributed by atoms with Gasteiger partial charge in [0, 0.05) is 24.4 Å². The summed E-state index contributed by atoms with van der Waals surface area (Å²) >= 11 is 0. The molecule has 1 N–H and O–H groups in total. The number of benzene rings is 1. The minimum absolute atomic E-state index is 0.219. The van der Waals surface area contributed by atoms with Gasteiger partial charge in [0.05, 0.1) is 0 Å². The van der Waals surface area contributed by atoms with E-state index >= 15 is 0 Å². The van der Waals surface area contributed by atoms with Gasteiger partial charge in [-0.2, -0.15) is 0 Å². The Labute approximate surface area is 104 Å². The third-order valence-electron chi connectivity index (χ3n) is 2.70. The van der Waals surface area contributed by atoms with Crippen molar-refractivity contribution >= 4 is 5.69 Å². The fourth-order valence-electron chi connectivity index (χ4n) is 1.74. The molecule has 0 atom stereocenters. The van der Waals surface area contributed by atoms with Crippen molar-refractivity contribution in [1.29, 1.82) is 0 Å². The van der Waals surface area contributed by atoms with Crippen LogP contribution in [0, 0.1) is 0 Å². The minimum atomic E-state index is -0.279. The smallest absolute Gasteiger partial charge is 0.266 e. The lowest BCUT2D eigenvalue weighted by molar-refractivity contribution is 0.547. The second-order valence-corrected chi connectivity index (χ2v) is 3.91. The maximum Gasteiger partial charge on any atom is 0.266 e. The van der Waals surface area contributed by atoms with Gasteiger partial charge in [0.15, 0.2) is 0 Å². The first-order valence-electron chi connectivity index (χ1n) is 5.81. The van der Waals surface area contributed by atoms with Gasteiger partial charge in [-0.15, -0.1) is 0 Å². The maximum atomic E-state index is 11.6. The van der Waals surface area contributed by atoms with Crippen LogP contribution in [0.2, 0.25) is 0 Å². The number of para-hydroxylation sites is 1. The van der Waals surface area contributed by atoms with Crippen LogP contribution >= 0.6 is 0 Å². The molecule has 0 aliphatic heterocycles. The molecule has 94 valence electrons. The molecule has 0 amide bonds. The molecule has 18 heavy (non-hydrogen) atoms. The van der Waals surface area contributed by atoms with Gasteiger partial charge in [0.25, 0.3) is 11.1 Å². The first-order valence-corrected chi connectivity index (χ1v) is 5.81. The van der Waals surface area contributed by atoms with Gasteiger partial charge in [-0.1, -0.05) is 18.2 Å². The van der Waals surface area contributed by atoms with Gasteiger partial charge < -0.3 is 4.90 Å². The summed E-state index contributed by atoms with van der Waals surface area (Å²) in [6, 6.07) is 12.3. The lowest BCUT2D eigenvalue weighted by atomic mass is 10.3. The topological polar surface area (TPSA) is 58.1 Å². The molecule has 0 radical (unpaired) electrons. The normalized spacial score (nSPS) is 10.3. The molecule has 0 saturated carbocycles. The van der Waals surface area contributed by atoms with E-state index in [2.05, 4.69) is 5.10 Å². The molecule has 1 heterocycles. The first kappa shape index (κ1) is 12.2. The van der Waals surface area contributed by atoms with Crippen molar-refractivity contribution < 1.29 is 0 Å². The van der Waals surface area contributed by atoms with Gasteiger partial charge >= 0.3 is 0 Å². The predicted molar refractivity (Wildman–Crippen MR) is 70.8 cm³/mol. The molecule has 0 fully saturated rings. The number of H-pyrrole nitrogens is 1. The van der Waals surface area contributed by atoms with Crippen molar-refractivity contribution in [3.8, 4) is 0 Å². The fourth-order valence-corrected chi connectivity index (χ4v) is 1.74. The number of hydrogen-bond donors (Lipinski definition) is 1. The second kappa shape index (κ2) is 5.35. The Hall–Kier alpha value is -2.30. The summed E-state index contributed by atoms with van der Waals surface area (Å²) in [6.45, 7) is 3.07. The fraction of sp³-hybridized carbons (Fsp3) is 0.231. The van der Waals surface area contributed by atoms with Gasteiger partial charge in [-0.05, 0) is 19.1 Å². The predicted octanol–water partition coefficient (Wildman–Crippen LogP) is 1.02. The molecule has 0 spiro atoms. The van der Waals surface area contributed by atoms with E-state index in [9.17, 15) is 9.59 Å². The zero-order valence-electron chi connectivity index (χ0n) is 10.2. The molecule has 2 aromatic rings. The molecule has 0 aliphatic rings. The molecule has 5 nitrogen and oxygen atoms in total. The highest BCUT2D eigenvalue weighted by Gasteiger charge is 2.05. The average molecular weight is 245 g/mol. The van der Waals surface area contributed by atoms with E-state index in [1.54, 1.807) is 0 Å². The molecule has 1 aromatic carbocycles. The van der Waals surface area contributed by atoms with Gasteiger partial charge in [-0.25, -0.2) is 4.68 Å². The van der Waals surface area contributed by atoms with Crippen LogP contribution in [-0.2, 0) is 6.67 Å². The molecule has 2 rings (SSSR count).